The van der Waals surface area contributed by atoms with Crippen molar-refractivity contribution in [3.05, 3.63) is 57.9 Å². The molecule has 6 heteroatoms. The van der Waals surface area contributed by atoms with Crippen LogP contribution >= 0.6 is 11.6 Å². The van der Waals surface area contributed by atoms with Crippen LogP contribution in [0.3, 0.4) is 0 Å². The molecule has 2 aromatic rings. The summed E-state index contributed by atoms with van der Waals surface area (Å²) in [5, 5.41) is 0.421. The molecule has 0 bridgehead atoms. The highest BCUT2D eigenvalue weighted by Gasteiger charge is 2.45. The first-order valence-electron chi connectivity index (χ1n) is 11.5. The van der Waals surface area contributed by atoms with Gasteiger partial charge in [-0.05, 0) is 69.2 Å². The zero-order chi connectivity index (χ0) is 23.5. The molecule has 2 amide bonds. The molecule has 1 saturated carbocycles. The number of carbonyl (C=O) groups excluding carboxylic acids is 2. The zero-order valence-corrected chi connectivity index (χ0v) is 20.3. The minimum Gasteiger partial charge on any atom is -0.366 e. The Morgan fingerprint density at radius 1 is 1.25 bits per heavy atom. The lowest BCUT2D eigenvalue weighted by Crippen LogP contribution is -2.39. The molecule has 2 N–H and O–H groups in total. The number of nitrogens with two attached hydrogens (primary N) is 1. The first kappa shape index (κ1) is 24.2. The second kappa shape index (κ2) is 10.0. The third kappa shape index (κ3) is 4.98. The number of carbonyl (C=O) groups is 2. The van der Waals surface area contributed by atoms with E-state index in [4.69, 9.17) is 17.3 Å². The number of benzene rings is 1. The van der Waals surface area contributed by atoms with Crippen LogP contribution in [0.2, 0.25) is 5.02 Å². The summed E-state index contributed by atoms with van der Waals surface area (Å²) in [6.45, 7) is 8.99. The van der Waals surface area contributed by atoms with Crippen LogP contribution in [0.5, 0.6) is 0 Å². The van der Waals surface area contributed by atoms with Gasteiger partial charge in [-0.25, -0.2) is 0 Å². The van der Waals surface area contributed by atoms with Crippen molar-refractivity contribution in [3.63, 3.8) is 0 Å². The molecule has 32 heavy (non-hydrogen) atoms. The standard InChI is InChI=1S/C19H27NO.C7H7ClN2O/c1-4-15-11-8-12-16-17(15)19(2,3)18(21)20(16)13-14-9-6-5-7-10-14;1-4-6(7(9)11)2-5(8)3-10-4/h8,11-12,14H,4-7,9-10,13H2,1-3H3;2-3H,1H3,(H2,9,11). The normalized spacial score (nSPS) is 17.5. The van der Waals surface area contributed by atoms with Gasteiger partial charge in [0.2, 0.25) is 5.91 Å². The topological polar surface area (TPSA) is 76.3 Å². The van der Waals surface area contributed by atoms with E-state index in [0.29, 0.717) is 28.1 Å². The Labute approximate surface area is 196 Å². The molecule has 2 aliphatic rings. The van der Waals surface area contributed by atoms with E-state index in [1.165, 1.54) is 61.2 Å². The molecular weight excluding hydrogens is 422 g/mol. The average Bonchev–Trinajstić information content (AvgIpc) is 2.97. The van der Waals surface area contributed by atoms with Gasteiger partial charge in [0.1, 0.15) is 0 Å². The molecule has 1 aliphatic carbocycles. The number of pyridine rings is 1. The summed E-state index contributed by atoms with van der Waals surface area (Å²) in [6, 6.07) is 7.94. The smallest absolute Gasteiger partial charge is 0.250 e. The SMILES string of the molecule is CCc1cccc2c1C(C)(C)C(=O)N2CC1CCCCC1.Cc1ncc(Cl)cc1C(N)=O. The zero-order valence-electron chi connectivity index (χ0n) is 19.6. The van der Waals surface area contributed by atoms with Gasteiger partial charge in [-0.1, -0.05) is 49.9 Å². The van der Waals surface area contributed by atoms with Crippen LogP contribution in [0.15, 0.2) is 30.5 Å². The van der Waals surface area contributed by atoms with Gasteiger partial charge in [0.05, 0.1) is 21.7 Å². The van der Waals surface area contributed by atoms with Crippen molar-refractivity contribution in [2.45, 2.75) is 71.6 Å². The van der Waals surface area contributed by atoms with E-state index >= 15 is 0 Å². The molecule has 1 fully saturated rings. The predicted molar refractivity (Wildman–Crippen MR) is 130 cm³/mol. The number of primary amides is 1. The minimum atomic E-state index is -0.502. The molecule has 0 saturated heterocycles. The van der Waals surface area contributed by atoms with Crippen LogP contribution < -0.4 is 10.6 Å². The van der Waals surface area contributed by atoms with Gasteiger partial charge >= 0.3 is 0 Å². The number of nitrogens with zero attached hydrogens (tertiary/aromatic N) is 2. The maximum atomic E-state index is 13.0. The highest BCUT2D eigenvalue weighted by molar-refractivity contribution is 6.30. The van der Waals surface area contributed by atoms with Crippen LogP contribution in [0.1, 0.15) is 80.1 Å². The van der Waals surface area contributed by atoms with Crippen LogP contribution in [0, 0.1) is 12.8 Å². The van der Waals surface area contributed by atoms with Gasteiger partial charge < -0.3 is 10.6 Å². The van der Waals surface area contributed by atoms with E-state index in [2.05, 4.69) is 48.9 Å². The summed E-state index contributed by atoms with van der Waals surface area (Å²) in [6.07, 6.45) is 9.07. The van der Waals surface area contributed by atoms with Crippen LogP contribution in [0.25, 0.3) is 0 Å². The molecule has 4 rings (SSSR count). The molecule has 172 valence electrons. The number of halogens is 1. The van der Waals surface area contributed by atoms with Gasteiger partial charge in [-0.2, -0.15) is 0 Å². The van der Waals surface area contributed by atoms with Gasteiger partial charge in [0.15, 0.2) is 0 Å². The molecule has 5 nitrogen and oxygen atoms in total. The van der Waals surface area contributed by atoms with E-state index in [9.17, 15) is 9.59 Å². The Morgan fingerprint density at radius 3 is 2.53 bits per heavy atom. The van der Waals surface area contributed by atoms with Crippen molar-refractivity contribution < 1.29 is 9.59 Å². The molecular formula is C26H34ClN3O2. The monoisotopic (exact) mass is 455 g/mol. The Hall–Kier alpha value is -2.40. The second-order valence-corrected chi connectivity index (χ2v) is 9.80. The molecule has 0 unspecified atom stereocenters. The number of amides is 2. The predicted octanol–water partition coefficient (Wildman–Crippen LogP) is 5.60. The maximum Gasteiger partial charge on any atom is 0.250 e. The molecule has 0 atom stereocenters. The third-order valence-electron chi connectivity index (χ3n) is 6.69. The summed E-state index contributed by atoms with van der Waals surface area (Å²) in [7, 11) is 0. The first-order chi connectivity index (χ1) is 15.2. The lowest BCUT2D eigenvalue weighted by atomic mass is 9.82. The quantitative estimate of drug-likeness (QED) is 0.652. The lowest BCUT2D eigenvalue weighted by molar-refractivity contribution is -0.122. The van der Waals surface area contributed by atoms with Crippen molar-refractivity contribution in [1.82, 2.24) is 4.98 Å². The second-order valence-electron chi connectivity index (χ2n) is 9.36. The number of rotatable bonds is 4. The van der Waals surface area contributed by atoms with Crippen molar-refractivity contribution in [2.75, 3.05) is 11.4 Å². The fourth-order valence-corrected chi connectivity index (χ4v) is 5.11. The summed E-state index contributed by atoms with van der Waals surface area (Å²) in [4.78, 5) is 29.6. The average molecular weight is 456 g/mol. The van der Waals surface area contributed by atoms with Crippen molar-refractivity contribution in [1.29, 1.82) is 0 Å². The highest BCUT2D eigenvalue weighted by atomic mass is 35.5. The van der Waals surface area contributed by atoms with Crippen LogP contribution in [0.4, 0.5) is 5.69 Å². The van der Waals surface area contributed by atoms with Gasteiger partial charge in [0, 0.05) is 18.4 Å². The van der Waals surface area contributed by atoms with Gasteiger partial charge in [-0.3, -0.25) is 14.6 Å². The number of hydrogen-bond donors (Lipinski definition) is 1. The van der Waals surface area contributed by atoms with E-state index in [1.54, 1.807) is 6.92 Å². The molecule has 2 heterocycles. The maximum absolute atomic E-state index is 13.0. The van der Waals surface area contributed by atoms with E-state index in [1.807, 2.05) is 0 Å². The molecule has 1 aromatic heterocycles. The molecule has 1 aromatic carbocycles. The lowest BCUT2D eigenvalue weighted by Gasteiger charge is -2.28. The summed E-state index contributed by atoms with van der Waals surface area (Å²) >= 11 is 5.59. The minimum absolute atomic E-state index is 0.295. The van der Waals surface area contributed by atoms with Crippen LogP contribution in [-0.4, -0.2) is 23.3 Å². The fourth-order valence-electron chi connectivity index (χ4n) is 4.95. The summed E-state index contributed by atoms with van der Waals surface area (Å²) in [5.41, 5.74) is 9.43. The van der Waals surface area contributed by atoms with E-state index < -0.39 is 5.91 Å². The van der Waals surface area contributed by atoms with Crippen molar-refractivity contribution >= 4 is 29.1 Å². The Balaban J connectivity index is 0.000000222. The largest absolute Gasteiger partial charge is 0.366 e. The number of aromatic nitrogens is 1. The first-order valence-corrected chi connectivity index (χ1v) is 11.9. The number of hydrogen-bond acceptors (Lipinski definition) is 3. The van der Waals surface area contributed by atoms with Gasteiger partial charge in [0.25, 0.3) is 5.91 Å². The van der Waals surface area contributed by atoms with Crippen LogP contribution in [-0.2, 0) is 16.6 Å². The Bertz CT molecular complexity index is 997. The Kier molecular flexibility index (Phi) is 7.60. The third-order valence-corrected chi connectivity index (χ3v) is 6.90. The van der Waals surface area contributed by atoms with Crippen molar-refractivity contribution in [3.8, 4) is 0 Å². The number of aryl methyl sites for hydroxylation is 2. The van der Waals surface area contributed by atoms with E-state index in [-0.39, 0.29) is 5.41 Å². The summed E-state index contributed by atoms with van der Waals surface area (Å²) < 4.78 is 0. The number of anilines is 1. The molecule has 0 radical (unpaired) electrons. The van der Waals surface area contributed by atoms with Crippen molar-refractivity contribution in [2.24, 2.45) is 11.7 Å². The number of fused-ring (bicyclic) bond motifs is 1. The Morgan fingerprint density at radius 2 is 1.94 bits per heavy atom. The fraction of sp³-hybridized carbons (Fsp3) is 0.500. The summed E-state index contributed by atoms with van der Waals surface area (Å²) in [5.74, 6) is 0.483. The molecule has 1 aliphatic heterocycles. The van der Waals surface area contributed by atoms with E-state index in [0.717, 1.165) is 13.0 Å². The van der Waals surface area contributed by atoms with Gasteiger partial charge in [-0.15, -0.1) is 0 Å². The highest BCUT2D eigenvalue weighted by Crippen LogP contribution is 2.44. The molecule has 0 spiro atoms.